The molecule has 0 saturated heterocycles. The van der Waals surface area contributed by atoms with Crippen LogP contribution in [0.1, 0.15) is 40.3 Å². The van der Waals surface area contributed by atoms with E-state index < -0.39 is 23.7 Å². The number of carbonyl (C=O) groups excluding carboxylic acids is 2. The van der Waals surface area contributed by atoms with Crippen molar-refractivity contribution in [1.29, 1.82) is 5.41 Å². The van der Waals surface area contributed by atoms with Gasteiger partial charge in [-0.2, -0.15) is 4.68 Å². The fourth-order valence-corrected chi connectivity index (χ4v) is 3.90. The number of hydrogen-bond acceptors (Lipinski definition) is 9. The van der Waals surface area contributed by atoms with Crippen LogP contribution in [0, 0.1) is 5.41 Å². The Morgan fingerprint density at radius 2 is 1.72 bits per heavy atom. The average Bonchev–Trinajstić information content (AvgIpc) is 3.32. The Hall–Kier alpha value is -5.39. The average molecular weight is 531 g/mol. The molecular weight excluding hydrogens is 504 g/mol. The lowest BCUT2D eigenvalue weighted by Gasteiger charge is -2.20. The molecular formula is C27H26N6O6. The van der Waals surface area contributed by atoms with Crippen LogP contribution in [0.2, 0.25) is 0 Å². The number of aromatic amines is 1. The minimum atomic E-state index is -0.908. The molecule has 1 atom stereocenters. The molecule has 1 unspecified atom stereocenters. The molecule has 0 spiro atoms. The number of ether oxygens (including phenoxy) is 3. The quantitative estimate of drug-likeness (QED) is 0.110. The van der Waals surface area contributed by atoms with Crippen LogP contribution >= 0.6 is 0 Å². The van der Waals surface area contributed by atoms with E-state index in [1.165, 1.54) is 26.4 Å². The number of rotatable bonds is 9. The number of para-hydroxylation sites is 1. The van der Waals surface area contributed by atoms with Crippen molar-refractivity contribution in [2.24, 2.45) is 5.73 Å². The van der Waals surface area contributed by atoms with Gasteiger partial charge in [0.2, 0.25) is 0 Å². The van der Waals surface area contributed by atoms with Crippen LogP contribution in [0.5, 0.6) is 11.5 Å². The van der Waals surface area contributed by atoms with Gasteiger partial charge < -0.3 is 25.3 Å². The van der Waals surface area contributed by atoms with Crippen LogP contribution in [0.3, 0.4) is 0 Å². The number of esters is 2. The third-order valence-corrected chi connectivity index (χ3v) is 5.74. The summed E-state index contributed by atoms with van der Waals surface area (Å²) in [6.45, 7) is 1.11. The van der Waals surface area contributed by atoms with Gasteiger partial charge in [-0.3, -0.25) is 15.2 Å². The number of nitrogens with zero attached hydrogens (tertiary/aromatic N) is 2. The summed E-state index contributed by atoms with van der Waals surface area (Å²) in [7, 11) is 3.04. The van der Waals surface area contributed by atoms with Crippen molar-refractivity contribution in [2.45, 2.75) is 13.0 Å². The van der Waals surface area contributed by atoms with E-state index in [1.807, 2.05) is 0 Å². The number of aromatic nitrogens is 3. The second-order valence-electron chi connectivity index (χ2n) is 8.31. The lowest BCUT2D eigenvalue weighted by molar-refractivity contribution is -0.135. The summed E-state index contributed by atoms with van der Waals surface area (Å²) < 4.78 is 16.6. The van der Waals surface area contributed by atoms with Gasteiger partial charge >= 0.3 is 17.6 Å². The molecule has 0 aliphatic rings. The topological polar surface area (TPSA) is 174 Å². The number of methoxy groups -OCH3 is 2. The third-order valence-electron chi connectivity index (χ3n) is 5.74. The van der Waals surface area contributed by atoms with E-state index in [2.05, 4.69) is 15.4 Å². The first-order valence-electron chi connectivity index (χ1n) is 11.7. The zero-order valence-corrected chi connectivity index (χ0v) is 21.3. The first kappa shape index (κ1) is 26.7. The molecule has 1 heterocycles. The van der Waals surface area contributed by atoms with E-state index in [-0.39, 0.29) is 22.9 Å². The molecule has 3 aromatic carbocycles. The first-order chi connectivity index (χ1) is 18.7. The highest BCUT2D eigenvalue weighted by Crippen LogP contribution is 2.33. The molecule has 0 bridgehead atoms. The van der Waals surface area contributed by atoms with E-state index in [1.54, 1.807) is 54.6 Å². The highest BCUT2D eigenvalue weighted by molar-refractivity contribution is 5.99. The van der Waals surface area contributed by atoms with Crippen molar-refractivity contribution in [3.63, 3.8) is 0 Å². The number of hydrogen-bond donors (Lipinski definition) is 4. The molecule has 39 heavy (non-hydrogen) atoms. The second-order valence-corrected chi connectivity index (χ2v) is 8.31. The van der Waals surface area contributed by atoms with E-state index >= 15 is 0 Å². The summed E-state index contributed by atoms with van der Waals surface area (Å²) in [5, 5.41) is 15.4. The van der Waals surface area contributed by atoms with Crippen LogP contribution in [-0.2, 0) is 9.53 Å². The third kappa shape index (κ3) is 5.80. The molecule has 0 amide bonds. The van der Waals surface area contributed by atoms with Gasteiger partial charge in [0.25, 0.3) is 0 Å². The number of nitrogens with one attached hydrogen (secondary N) is 3. The molecule has 1 aromatic heterocycles. The monoisotopic (exact) mass is 530 g/mol. The fraction of sp³-hybridized carbons (Fsp3) is 0.148. The smallest absolute Gasteiger partial charge is 0.348 e. The second kappa shape index (κ2) is 11.3. The Balaban J connectivity index is 1.81. The van der Waals surface area contributed by atoms with Crippen LogP contribution in [-0.4, -0.2) is 46.8 Å². The summed E-state index contributed by atoms with van der Waals surface area (Å²) >= 11 is 0. The number of H-pyrrole nitrogens is 1. The summed E-state index contributed by atoms with van der Waals surface area (Å²) in [4.78, 5) is 39.7. The van der Waals surface area contributed by atoms with Crippen LogP contribution in [0.15, 0.2) is 71.5 Å². The molecule has 5 N–H and O–H groups in total. The number of amidine groups is 1. The maximum Gasteiger partial charge on any atom is 0.348 e. The molecule has 200 valence electrons. The highest BCUT2D eigenvalue weighted by atomic mass is 16.6. The van der Waals surface area contributed by atoms with E-state index in [0.29, 0.717) is 28.3 Å². The summed E-state index contributed by atoms with van der Waals surface area (Å²) in [6, 6.07) is 17.6. The van der Waals surface area contributed by atoms with E-state index in [0.717, 1.165) is 11.6 Å². The molecule has 0 fully saturated rings. The fourth-order valence-electron chi connectivity index (χ4n) is 3.90. The van der Waals surface area contributed by atoms with Crippen LogP contribution in [0.4, 0.5) is 5.69 Å². The molecule has 0 aliphatic carbocycles. The number of anilines is 1. The van der Waals surface area contributed by atoms with Crippen molar-refractivity contribution >= 4 is 23.5 Å². The minimum Gasteiger partial charge on any atom is -0.493 e. The van der Waals surface area contributed by atoms with Gasteiger partial charge in [0.15, 0.2) is 17.3 Å². The highest BCUT2D eigenvalue weighted by Gasteiger charge is 2.24. The maximum atomic E-state index is 13.1. The Bertz CT molecular complexity index is 1590. The van der Waals surface area contributed by atoms with Gasteiger partial charge in [0.05, 0.1) is 25.5 Å². The zero-order chi connectivity index (χ0) is 28.1. The van der Waals surface area contributed by atoms with Gasteiger partial charge in [0, 0.05) is 18.2 Å². The standard InChI is InChI=1S/C27H26N6O6/c1-15(34)39-26(35)19-6-4-5-7-20(19)33-27(36)31-25(32-33)23(17-10-13-21(37-2)22(14-17)38-3)30-18-11-8-16(9-12-18)24(28)29/h4-14,23,30H,1-3H3,(H3,28,29)(H,31,32,36). The van der Waals surface area contributed by atoms with Crippen LogP contribution < -0.4 is 26.2 Å². The van der Waals surface area contributed by atoms with Gasteiger partial charge in [-0.15, -0.1) is 5.10 Å². The van der Waals surface area contributed by atoms with Crippen molar-refractivity contribution in [3.05, 3.63) is 99.7 Å². The minimum absolute atomic E-state index is 0.0108. The number of benzene rings is 3. The van der Waals surface area contributed by atoms with Crippen molar-refractivity contribution in [3.8, 4) is 17.2 Å². The lowest BCUT2D eigenvalue weighted by Crippen LogP contribution is -2.20. The van der Waals surface area contributed by atoms with E-state index in [4.69, 9.17) is 25.4 Å². The van der Waals surface area contributed by atoms with Crippen molar-refractivity contribution in [1.82, 2.24) is 14.8 Å². The predicted molar refractivity (Wildman–Crippen MR) is 143 cm³/mol. The Morgan fingerprint density at radius 3 is 2.36 bits per heavy atom. The van der Waals surface area contributed by atoms with Gasteiger partial charge in [-0.05, 0) is 54.1 Å². The molecule has 12 nitrogen and oxygen atoms in total. The van der Waals surface area contributed by atoms with Gasteiger partial charge in [-0.1, -0.05) is 18.2 Å². The Labute approximate surface area is 222 Å². The molecule has 12 heteroatoms. The maximum absolute atomic E-state index is 13.1. The van der Waals surface area contributed by atoms with Gasteiger partial charge in [0.1, 0.15) is 11.9 Å². The number of nitrogens with two attached hydrogens (primary N) is 1. The summed E-state index contributed by atoms with van der Waals surface area (Å²) in [6.07, 6.45) is 0. The van der Waals surface area contributed by atoms with Gasteiger partial charge in [-0.25, -0.2) is 9.59 Å². The largest absolute Gasteiger partial charge is 0.493 e. The molecule has 0 radical (unpaired) electrons. The molecule has 0 aliphatic heterocycles. The molecule has 4 aromatic rings. The van der Waals surface area contributed by atoms with Crippen molar-refractivity contribution < 1.29 is 23.8 Å². The van der Waals surface area contributed by atoms with E-state index in [9.17, 15) is 14.4 Å². The first-order valence-corrected chi connectivity index (χ1v) is 11.7. The number of carbonyl (C=O) groups is 2. The Morgan fingerprint density at radius 1 is 1.03 bits per heavy atom. The number of nitrogen functional groups attached to an aromatic ring is 1. The Kier molecular flexibility index (Phi) is 7.75. The molecule has 4 rings (SSSR count). The normalized spacial score (nSPS) is 11.4. The summed E-state index contributed by atoms with van der Waals surface area (Å²) in [5.41, 5.74) is 6.96. The summed E-state index contributed by atoms with van der Waals surface area (Å²) in [5.74, 6) is -0.552. The van der Waals surface area contributed by atoms with Crippen LogP contribution in [0.25, 0.3) is 5.69 Å². The predicted octanol–water partition coefficient (Wildman–Crippen LogP) is 2.77. The lowest BCUT2D eigenvalue weighted by atomic mass is 10.0. The molecule has 0 saturated carbocycles. The SMILES string of the molecule is COc1ccc(C(Nc2ccc(C(=N)N)cc2)c2nn(-c3ccccc3C(=O)OC(C)=O)c(=O)[nH]2)cc1OC. The zero-order valence-electron chi connectivity index (χ0n) is 21.3. The van der Waals surface area contributed by atoms with Crippen molar-refractivity contribution in [2.75, 3.05) is 19.5 Å².